The quantitative estimate of drug-likeness (QED) is 0.342. The van der Waals surface area contributed by atoms with E-state index in [1.807, 2.05) is 0 Å². The number of isocyanates is 2. The third-order valence-corrected chi connectivity index (χ3v) is 1.20. The van der Waals surface area contributed by atoms with Gasteiger partial charge in [-0.1, -0.05) is 39.5 Å². The molecular formula is C8H16N2O2S2. The van der Waals surface area contributed by atoms with Crippen molar-refractivity contribution in [1.82, 2.24) is 0 Å². The molecular weight excluding hydrogens is 220 g/mol. The maximum Gasteiger partial charge on any atom is 0.247 e. The topological polar surface area (TPSA) is 58.9 Å². The second-order valence-electron chi connectivity index (χ2n) is 2.09. The molecule has 0 fully saturated rings. The van der Waals surface area contributed by atoms with Gasteiger partial charge in [0.15, 0.2) is 0 Å². The second kappa shape index (κ2) is 29.4. The molecule has 0 radical (unpaired) electrons. The van der Waals surface area contributed by atoms with Gasteiger partial charge < -0.3 is 0 Å². The highest BCUT2D eigenvalue weighted by Crippen LogP contribution is 1.95. The molecule has 0 aliphatic rings. The molecule has 0 unspecified atom stereocenters. The van der Waals surface area contributed by atoms with Crippen LogP contribution < -0.4 is 0 Å². The molecule has 0 bridgehead atoms. The van der Waals surface area contributed by atoms with Gasteiger partial charge in [-0.05, 0) is 25.6 Å². The van der Waals surface area contributed by atoms with Gasteiger partial charge >= 0.3 is 0 Å². The molecule has 0 aromatic carbocycles. The van der Waals surface area contributed by atoms with Gasteiger partial charge in [-0.25, -0.2) is 9.59 Å². The molecule has 0 aliphatic carbocycles. The smallest absolute Gasteiger partial charge is 0.210 e. The standard InChI is InChI=1S/C6H14.2CHNOS/c1-3-5-6-4-2;2*3-1-2-4/h3-6H2,1-2H3;2*4H. The van der Waals surface area contributed by atoms with Crippen LogP contribution in [0.3, 0.4) is 0 Å². The zero-order valence-corrected chi connectivity index (χ0v) is 10.2. The summed E-state index contributed by atoms with van der Waals surface area (Å²) in [6.07, 6.45) is 7.88. The molecule has 0 spiro atoms. The maximum absolute atomic E-state index is 8.81. The van der Waals surface area contributed by atoms with Gasteiger partial charge in [0.05, 0.1) is 0 Å². The Balaban J connectivity index is -0.000000135. The van der Waals surface area contributed by atoms with Crippen molar-refractivity contribution in [3.63, 3.8) is 0 Å². The van der Waals surface area contributed by atoms with E-state index < -0.39 is 0 Å². The van der Waals surface area contributed by atoms with Crippen LogP contribution in [-0.4, -0.2) is 12.2 Å². The van der Waals surface area contributed by atoms with E-state index in [4.69, 9.17) is 9.59 Å². The molecule has 0 amide bonds. The number of nitrogens with zero attached hydrogens (tertiary/aromatic N) is 2. The Bertz CT molecular complexity index is 156. The van der Waals surface area contributed by atoms with E-state index in [1.165, 1.54) is 37.8 Å². The van der Waals surface area contributed by atoms with Crippen molar-refractivity contribution in [3.8, 4) is 0 Å². The summed E-state index contributed by atoms with van der Waals surface area (Å²) in [5.41, 5.74) is 0. The summed E-state index contributed by atoms with van der Waals surface area (Å²) in [6, 6.07) is 0. The van der Waals surface area contributed by atoms with E-state index in [1.54, 1.807) is 0 Å². The average molecular weight is 236 g/mol. The molecule has 0 atom stereocenters. The van der Waals surface area contributed by atoms with Crippen molar-refractivity contribution < 1.29 is 9.59 Å². The van der Waals surface area contributed by atoms with Crippen LogP contribution in [0.1, 0.15) is 39.5 Å². The molecule has 0 rings (SSSR count). The lowest BCUT2D eigenvalue weighted by atomic mass is 10.2. The molecule has 82 valence electrons. The number of unbranched alkanes of at least 4 members (excludes halogenated alkanes) is 3. The minimum atomic E-state index is 1.17. The van der Waals surface area contributed by atoms with E-state index in [0.717, 1.165) is 0 Å². The first-order chi connectivity index (χ1) is 6.74. The van der Waals surface area contributed by atoms with Gasteiger partial charge in [0.1, 0.15) is 0 Å². The van der Waals surface area contributed by atoms with Crippen molar-refractivity contribution in [3.05, 3.63) is 0 Å². The lowest BCUT2D eigenvalue weighted by Crippen LogP contribution is -1.66. The van der Waals surface area contributed by atoms with Crippen molar-refractivity contribution in [2.45, 2.75) is 39.5 Å². The highest BCUT2D eigenvalue weighted by Gasteiger charge is 1.75. The van der Waals surface area contributed by atoms with Crippen LogP contribution in [0.25, 0.3) is 0 Å². The highest BCUT2D eigenvalue weighted by molar-refractivity contribution is 7.79. The minimum Gasteiger partial charge on any atom is -0.210 e. The lowest BCUT2D eigenvalue weighted by molar-refractivity contribution is 0.565. The van der Waals surface area contributed by atoms with Crippen molar-refractivity contribution in [1.29, 1.82) is 0 Å². The van der Waals surface area contributed by atoms with Crippen LogP contribution in [0.15, 0.2) is 8.80 Å². The Morgan fingerprint density at radius 3 is 1.21 bits per heavy atom. The van der Waals surface area contributed by atoms with Gasteiger partial charge in [0.25, 0.3) is 0 Å². The van der Waals surface area contributed by atoms with Gasteiger partial charge in [0.2, 0.25) is 12.2 Å². The van der Waals surface area contributed by atoms with Crippen molar-refractivity contribution in [2.24, 2.45) is 8.80 Å². The molecule has 6 heteroatoms. The van der Waals surface area contributed by atoms with E-state index in [9.17, 15) is 0 Å². The second-order valence-corrected chi connectivity index (χ2v) is 2.49. The predicted octanol–water partition coefficient (Wildman–Crippen LogP) is 2.92. The Labute approximate surface area is 96.0 Å². The molecule has 0 aromatic heterocycles. The number of hydrogen-bond donors (Lipinski definition) is 2. The average Bonchev–Trinajstić information content (AvgIpc) is 2.27. The van der Waals surface area contributed by atoms with Gasteiger partial charge in [-0.3, -0.25) is 0 Å². The molecule has 0 heterocycles. The molecule has 0 aliphatic heterocycles. The summed E-state index contributed by atoms with van der Waals surface area (Å²) >= 11 is 6.24. The molecule has 4 nitrogen and oxygen atoms in total. The van der Waals surface area contributed by atoms with Gasteiger partial charge in [-0.15, -0.1) is 8.80 Å². The summed E-state index contributed by atoms with van der Waals surface area (Å²) in [4.78, 5) is 17.6. The minimum absolute atomic E-state index is 1.17. The van der Waals surface area contributed by atoms with Crippen LogP contribution in [-0.2, 0) is 9.59 Å². The zero-order chi connectivity index (χ0) is 11.7. The first-order valence-electron chi connectivity index (χ1n) is 4.17. The summed E-state index contributed by atoms with van der Waals surface area (Å²) in [5, 5.41) is 0. The maximum atomic E-state index is 8.81. The summed E-state index contributed by atoms with van der Waals surface area (Å²) in [7, 11) is 0. The SMILES string of the molecule is CCCCCC.O=C=NS.O=C=NS. The highest BCUT2D eigenvalue weighted by atomic mass is 32.1. The third kappa shape index (κ3) is 63.0. The molecule has 14 heavy (non-hydrogen) atoms. The lowest BCUT2D eigenvalue weighted by Gasteiger charge is -1.86. The largest absolute Gasteiger partial charge is 0.247 e. The first-order valence-corrected chi connectivity index (χ1v) is 4.97. The number of hydrogen-bond acceptors (Lipinski definition) is 6. The van der Waals surface area contributed by atoms with Crippen LogP contribution in [0.2, 0.25) is 0 Å². The summed E-state index contributed by atoms with van der Waals surface area (Å²) in [6.45, 7) is 4.46. The van der Waals surface area contributed by atoms with E-state index >= 15 is 0 Å². The molecule has 0 aromatic rings. The number of rotatable bonds is 3. The fraction of sp³-hybridized carbons (Fsp3) is 0.750. The zero-order valence-electron chi connectivity index (χ0n) is 8.43. The van der Waals surface area contributed by atoms with Crippen LogP contribution >= 0.6 is 25.6 Å². The van der Waals surface area contributed by atoms with E-state index in [2.05, 4.69) is 48.3 Å². The summed E-state index contributed by atoms with van der Waals surface area (Å²) in [5.74, 6) is 0. The molecule has 0 saturated carbocycles. The monoisotopic (exact) mass is 236 g/mol. The number of thiol groups is 2. The Hall–Kier alpha value is -0.540. The fourth-order valence-electron chi connectivity index (χ4n) is 0.500. The third-order valence-electron chi connectivity index (χ3n) is 1.04. The Morgan fingerprint density at radius 1 is 0.929 bits per heavy atom. The molecule has 0 saturated heterocycles. The van der Waals surface area contributed by atoms with Crippen LogP contribution in [0.5, 0.6) is 0 Å². The normalized spacial score (nSPS) is 6.29. The van der Waals surface area contributed by atoms with Gasteiger partial charge in [0, 0.05) is 0 Å². The van der Waals surface area contributed by atoms with Crippen LogP contribution in [0.4, 0.5) is 0 Å². The van der Waals surface area contributed by atoms with Gasteiger partial charge in [-0.2, -0.15) is 0 Å². The van der Waals surface area contributed by atoms with E-state index in [-0.39, 0.29) is 0 Å². The van der Waals surface area contributed by atoms with Crippen LogP contribution in [0, 0.1) is 0 Å². The first kappa shape index (κ1) is 19.1. The van der Waals surface area contributed by atoms with Crippen molar-refractivity contribution >= 4 is 37.8 Å². The number of carbonyl (C=O) groups excluding carboxylic acids is 2. The Morgan fingerprint density at radius 2 is 1.14 bits per heavy atom. The summed E-state index contributed by atoms with van der Waals surface area (Å²) < 4.78 is 5.25. The predicted molar refractivity (Wildman–Crippen MR) is 64.0 cm³/mol. The van der Waals surface area contributed by atoms with E-state index in [0.29, 0.717) is 0 Å². The Kier molecular flexibility index (Phi) is 40.1. The fourth-order valence-corrected chi connectivity index (χ4v) is 0.500. The molecule has 0 N–H and O–H groups in total. The van der Waals surface area contributed by atoms with Crippen molar-refractivity contribution in [2.75, 3.05) is 0 Å².